The van der Waals surface area contributed by atoms with Crippen LogP contribution in [0.4, 0.5) is 13.2 Å². The maximum absolute atomic E-state index is 12.5. The van der Waals surface area contributed by atoms with Gasteiger partial charge < -0.3 is 15.4 Å². The summed E-state index contributed by atoms with van der Waals surface area (Å²) in [4.78, 5) is 23.9. The van der Waals surface area contributed by atoms with E-state index in [0.717, 1.165) is 30.7 Å². The van der Waals surface area contributed by atoms with Crippen LogP contribution in [0.25, 0.3) is 0 Å². The molecule has 2 amide bonds. The predicted molar refractivity (Wildman–Crippen MR) is 89.5 cm³/mol. The summed E-state index contributed by atoms with van der Waals surface area (Å²) in [7, 11) is 0. The molecule has 0 radical (unpaired) electrons. The van der Waals surface area contributed by atoms with E-state index >= 15 is 0 Å². The summed E-state index contributed by atoms with van der Waals surface area (Å²) in [6, 6.07) is 3.84. The molecule has 8 heteroatoms. The molecule has 1 aliphatic heterocycles. The molecule has 2 rings (SSSR count). The molecular formula is C18H23F3N2O3. The third-order valence-corrected chi connectivity index (χ3v) is 4.31. The highest BCUT2D eigenvalue weighted by Gasteiger charge is 2.30. The summed E-state index contributed by atoms with van der Waals surface area (Å²) in [5.41, 5.74) is -0.761. The Morgan fingerprint density at radius 3 is 2.46 bits per heavy atom. The van der Waals surface area contributed by atoms with Crippen LogP contribution < -0.4 is 10.6 Å². The van der Waals surface area contributed by atoms with Crippen molar-refractivity contribution in [1.29, 1.82) is 0 Å². The average molecular weight is 372 g/mol. The molecule has 1 aromatic carbocycles. The van der Waals surface area contributed by atoms with Gasteiger partial charge in [-0.15, -0.1) is 0 Å². The lowest BCUT2D eigenvalue weighted by Crippen LogP contribution is -2.46. The molecule has 1 heterocycles. The van der Waals surface area contributed by atoms with Crippen LogP contribution in [-0.4, -0.2) is 37.1 Å². The van der Waals surface area contributed by atoms with Gasteiger partial charge in [0.05, 0.1) is 18.2 Å². The molecule has 0 aliphatic carbocycles. The average Bonchev–Trinajstić information content (AvgIpc) is 2.59. The lowest BCUT2D eigenvalue weighted by molar-refractivity contribution is -0.137. The summed E-state index contributed by atoms with van der Waals surface area (Å²) >= 11 is 0. The van der Waals surface area contributed by atoms with Crippen LogP contribution >= 0.6 is 0 Å². The highest BCUT2D eigenvalue weighted by atomic mass is 19.4. The quantitative estimate of drug-likeness (QED) is 0.835. The summed E-state index contributed by atoms with van der Waals surface area (Å²) < 4.78 is 43.2. The van der Waals surface area contributed by atoms with Gasteiger partial charge in [-0.3, -0.25) is 9.59 Å². The van der Waals surface area contributed by atoms with E-state index in [1.165, 1.54) is 0 Å². The first kappa shape index (κ1) is 20.2. The molecule has 26 heavy (non-hydrogen) atoms. The van der Waals surface area contributed by atoms with Gasteiger partial charge in [-0.25, -0.2) is 0 Å². The highest BCUT2D eigenvalue weighted by Crippen LogP contribution is 2.29. The lowest BCUT2D eigenvalue weighted by atomic mass is 9.95. The monoisotopic (exact) mass is 372 g/mol. The molecular weight excluding hydrogens is 349 g/mol. The number of nitrogens with one attached hydrogen (secondary N) is 2. The van der Waals surface area contributed by atoms with Crippen LogP contribution in [0.5, 0.6) is 0 Å². The topological polar surface area (TPSA) is 67.4 Å². The molecule has 0 saturated carbocycles. The van der Waals surface area contributed by atoms with Gasteiger partial charge in [0.15, 0.2) is 0 Å². The minimum atomic E-state index is -4.45. The number of rotatable bonds is 5. The second-order valence-electron chi connectivity index (χ2n) is 6.70. The molecule has 0 spiro atoms. The van der Waals surface area contributed by atoms with Crippen LogP contribution in [0.2, 0.25) is 0 Å². The van der Waals surface area contributed by atoms with Gasteiger partial charge in [0, 0.05) is 18.2 Å². The SMILES string of the molecule is CC(C)[C@H]1C[C@@H](NC(=O)CNC(=O)c2ccc(C(F)(F)F)cc2)CCO1. The minimum Gasteiger partial charge on any atom is -0.378 e. The molecule has 1 aromatic rings. The summed E-state index contributed by atoms with van der Waals surface area (Å²) in [5.74, 6) is -0.574. The van der Waals surface area contributed by atoms with E-state index in [1.807, 2.05) is 0 Å². The molecule has 144 valence electrons. The Bertz CT molecular complexity index is 630. The number of benzene rings is 1. The van der Waals surface area contributed by atoms with E-state index in [0.29, 0.717) is 18.9 Å². The van der Waals surface area contributed by atoms with E-state index in [-0.39, 0.29) is 30.2 Å². The van der Waals surface area contributed by atoms with Gasteiger partial charge in [-0.05, 0) is 43.0 Å². The first-order valence-corrected chi connectivity index (χ1v) is 8.53. The van der Waals surface area contributed by atoms with Gasteiger partial charge >= 0.3 is 6.18 Å². The smallest absolute Gasteiger partial charge is 0.378 e. The standard InChI is InChI=1S/C18H23F3N2O3/c1-11(2)15-9-14(7-8-26-15)23-16(24)10-22-17(25)12-3-5-13(6-4-12)18(19,20)21/h3-6,11,14-15H,7-10H2,1-2H3,(H,22,25)(H,23,24)/t14-,15+/m0/s1. The fraction of sp³-hybridized carbons (Fsp3) is 0.556. The number of alkyl halides is 3. The lowest BCUT2D eigenvalue weighted by Gasteiger charge is -2.32. The van der Waals surface area contributed by atoms with Crippen molar-refractivity contribution in [1.82, 2.24) is 10.6 Å². The van der Waals surface area contributed by atoms with Gasteiger partial charge in [0.2, 0.25) is 5.91 Å². The first-order valence-electron chi connectivity index (χ1n) is 8.53. The molecule has 5 nitrogen and oxygen atoms in total. The fourth-order valence-corrected chi connectivity index (χ4v) is 2.78. The largest absolute Gasteiger partial charge is 0.416 e. The molecule has 1 aliphatic rings. The Balaban J connectivity index is 1.80. The summed E-state index contributed by atoms with van der Waals surface area (Å²) in [6.45, 7) is 4.45. The van der Waals surface area contributed by atoms with Crippen molar-refractivity contribution in [2.75, 3.05) is 13.2 Å². The van der Waals surface area contributed by atoms with Crippen LogP contribution in [-0.2, 0) is 15.7 Å². The molecule has 1 saturated heterocycles. The predicted octanol–water partition coefficient (Wildman–Crippen LogP) is 2.76. The minimum absolute atomic E-state index is 0.00776. The van der Waals surface area contributed by atoms with Gasteiger partial charge in [0.25, 0.3) is 5.91 Å². The summed E-state index contributed by atoms with van der Waals surface area (Å²) in [6.07, 6.45) is -2.93. The van der Waals surface area contributed by atoms with Crippen molar-refractivity contribution >= 4 is 11.8 Å². The number of halogens is 3. The Morgan fingerprint density at radius 1 is 1.23 bits per heavy atom. The molecule has 0 unspecified atom stereocenters. The zero-order valence-electron chi connectivity index (χ0n) is 14.7. The van der Waals surface area contributed by atoms with Crippen LogP contribution in [0, 0.1) is 5.92 Å². The maximum atomic E-state index is 12.5. The zero-order chi connectivity index (χ0) is 19.3. The van der Waals surface area contributed by atoms with Crippen molar-refractivity contribution in [2.24, 2.45) is 5.92 Å². The van der Waals surface area contributed by atoms with Crippen molar-refractivity contribution in [3.8, 4) is 0 Å². The van der Waals surface area contributed by atoms with Gasteiger partial charge in [0.1, 0.15) is 0 Å². The van der Waals surface area contributed by atoms with Crippen molar-refractivity contribution in [3.63, 3.8) is 0 Å². The number of ether oxygens (including phenoxy) is 1. The van der Waals surface area contributed by atoms with E-state index in [2.05, 4.69) is 24.5 Å². The first-order chi connectivity index (χ1) is 12.2. The van der Waals surface area contributed by atoms with E-state index in [1.54, 1.807) is 0 Å². The third-order valence-electron chi connectivity index (χ3n) is 4.31. The fourth-order valence-electron chi connectivity index (χ4n) is 2.78. The second-order valence-corrected chi connectivity index (χ2v) is 6.70. The zero-order valence-corrected chi connectivity index (χ0v) is 14.7. The second kappa shape index (κ2) is 8.53. The van der Waals surface area contributed by atoms with Crippen LogP contribution in [0.3, 0.4) is 0 Å². The van der Waals surface area contributed by atoms with E-state index < -0.39 is 17.6 Å². The van der Waals surface area contributed by atoms with Crippen molar-refractivity contribution < 1.29 is 27.5 Å². The van der Waals surface area contributed by atoms with Crippen molar-refractivity contribution in [3.05, 3.63) is 35.4 Å². The summed E-state index contributed by atoms with van der Waals surface area (Å²) in [5, 5.41) is 5.27. The van der Waals surface area contributed by atoms with Gasteiger partial charge in [-0.2, -0.15) is 13.2 Å². The Morgan fingerprint density at radius 2 is 1.88 bits per heavy atom. The van der Waals surface area contributed by atoms with Crippen LogP contribution in [0.1, 0.15) is 42.6 Å². The number of hydrogen-bond donors (Lipinski definition) is 2. The Hall–Kier alpha value is -2.09. The number of hydrogen-bond acceptors (Lipinski definition) is 3. The normalized spacial score (nSPS) is 20.7. The Labute approximate surface area is 150 Å². The van der Waals surface area contributed by atoms with Crippen molar-refractivity contribution in [2.45, 2.75) is 45.0 Å². The van der Waals surface area contributed by atoms with E-state index in [4.69, 9.17) is 4.74 Å². The third kappa shape index (κ3) is 5.72. The number of carbonyl (C=O) groups is 2. The molecule has 0 aromatic heterocycles. The molecule has 0 bridgehead atoms. The molecule has 2 N–H and O–H groups in total. The number of amides is 2. The molecule has 1 fully saturated rings. The molecule has 2 atom stereocenters. The highest BCUT2D eigenvalue weighted by molar-refractivity contribution is 5.96. The Kier molecular flexibility index (Phi) is 6.63. The van der Waals surface area contributed by atoms with Crippen LogP contribution in [0.15, 0.2) is 24.3 Å². The maximum Gasteiger partial charge on any atom is 0.416 e. The van der Waals surface area contributed by atoms with E-state index in [9.17, 15) is 22.8 Å². The van der Waals surface area contributed by atoms with Gasteiger partial charge in [-0.1, -0.05) is 13.8 Å². The number of carbonyl (C=O) groups excluding carboxylic acids is 2.